The number of aliphatic imine (C=N–C) groups is 1. The molecule has 0 radical (unpaired) electrons. The van der Waals surface area contributed by atoms with E-state index in [0.717, 1.165) is 5.69 Å². The Balaban J connectivity index is 1.47. The van der Waals surface area contributed by atoms with Crippen molar-refractivity contribution < 1.29 is 22.3 Å². The summed E-state index contributed by atoms with van der Waals surface area (Å²) in [4.78, 5) is 6.60. The molecule has 0 amide bonds. The maximum atomic E-state index is 14.2. The van der Waals surface area contributed by atoms with Gasteiger partial charge in [-0.25, -0.2) is 12.8 Å². The Kier molecular flexibility index (Phi) is 5.07. The van der Waals surface area contributed by atoms with E-state index >= 15 is 0 Å². The van der Waals surface area contributed by atoms with Crippen LogP contribution in [0.25, 0.3) is 0 Å². The summed E-state index contributed by atoms with van der Waals surface area (Å²) in [5, 5.41) is 1.01. The lowest BCUT2D eigenvalue weighted by Gasteiger charge is -2.28. The van der Waals surface area contributed by atoms with Gasteiger partial charge in [-0.05, 0) is 24.3 Å². The molecule has 2 aromatic carbocycles. The van der Waals surface area contributed by atoms with Gasteiger partial charge in [0.15, 0.2) is 26.5 Å². The highest BCUT2D eigenvalue weighted by Crippen LogP contribution is 2.40. The first-order chi connectivity index (χ1) is 14.4. The van der Waals surface area contributed by atoms with Gasteiger partial charge in [-0.2, -0.15) is 0 Å². The molecule has 2 unspecified atom stereocenters. The molecule has 0 spiro atoms. The predicted molar refractivity (Wildman–Crippen MR) is 116 cm³/mol. The van der Waals surface area contributed by atoms with Gasteiger partial charge >= 0.3 is 0 Å². The fraction of sp³-hybridized carbons (Fsp3) is 0.350. The molecule has 1 saturated heterocycles. The number of fused-ring (bicyclic) bond motifs is 2. The number of sulfone groups is 1. The molecular formula is C20H18ClFN2O4S2. The number of nitrogens with zero attached hydrogens (tertiary/aromatic N) is 2. The first kappa shape index (κ1) is 20.0. The summed E-state index contributed by atoms with van der Waals surface area (Å²) >= 11 is 7.51. The molecule has 2 aromatic rings. The van der Waals surface area contributed by atoms with Crippen LogP contribution in [0.4, 0.5) is 10.1 Å². The molecule has 158 valence electrons. The summed E-state index contributed by atoms with van der Waals surface area (Å²) in [6.45, 7) is 0.948. The Bertz CT molecular complexity index is 1120. The maximum Gasteiger partial charge on any atom is 0.164 e. The molecule has 0 N–H and O–H groups in total. The minimum atomic E-state index is -3.16. The van der Waals surface area contributed by atoms with Gasteiger partial charge in [0, 0.05) is 28.1 Å². The molecule has 3 heterocycles. The summed E-state index contributed by atoms with van der Waals surface area (Å²) < 4.78 is 49.9. The average molecular weight is 469 g/mol. The van der Waals surface area contributed by atoms with E-state index in [0.29, 0.717) is 40.5 Å². The van der Waals surface area contributed by atoms with Gasteiger partial charge in [-0.3, -0.25) is 4.99 Å². The lowest BCUT2D eigenvalue weighted by Crippen LogP contribution is -2.39. The number of thioether (sulfide) groups is 1. The molecule has 0 aliphatic carbocycles. The van der Waals surface area contributed by atoms with Crippen LogP contribution in [-0.2, 0) is 15.6 Å². The highest BCUT2D eigenvalue weighted by Gasteiger charge is 2.47. The summed E-state index contributed by atoms with van der Waals surface area (Å²) in [6.07, 6.45) is 0. The van der Waals surface area contributed by atoms with Crippen molar-refractivity contribution in [3.8, 4) is 11.5 Å². The molecule has 0 bridgehead atoms. The van der Waals surface area contributed by atoms with Gasteiger partial charge in [0.1, 0.15) is 19.0 Å². The average Bonchev–Trinajstić information content (AvgIpc) is 3.18. The van der Waals surface area contributed by atoms with Gasteiger partial charge in [0.25, 0.3) is 0 Å². The minimum absolute atomic E-state index is 0.0171. The van der Waals surface area contributed by atoms with Crippen molar-refractivity contribution in [2.45, 2.75) is 17.8 Å². The van der Waals surface area contributed by atoms with E-state index in [1.54, 1.807) is 12.1 Å². The van der Waals surface area contributed by atoms with E-state index in [1.807, 2.05) is 23.1 Å². The molecule has 6 nitrogen and oxygen atoms in total. The van der Waals surface area contributed by atoms with Crippen LogP contribution in [0.15, 0.2) is 41.4 Å². The zero-order valence-corrected chi connectivity index (χ0v) is 18.1. The molecular weight excluding hydrogens is 451 g/mol. The molecule has 3 aliphatic heterocycles. The highest BCUT2D eigenvalue weighted by molar-refractivity contribution is 8.13. The lowest BCUT2D eigenvalue weighted by molar-refractivity contribution is 0.171. The first-order valence-corrected chi connectivity index (χ1v) is 12.6. The van der Waals surface area contributed by atoms with Crippen molar-refractivity contribution in [3.05, 3.63) is 52.8 Å². The zero-order chi connectivity index (χ0) is 20.9. The number of halogens is 2. The topological polar surface area (TPSA) is 68.2 Å². The Hall–Kier alpha value is -1.97. The summed E-state index contributed by atoms with van der Waals surface area (Å²) in [7, 11) is -3.16. The second-order valence-electron chi connectivity index (χ2n) is 7.31. The number of hydrogen-bond acceptors (Lipinski definition) is 7. The molecule has 10 heteroatoms. The normalized spacial score (nSPS) is 23.9. The quantitative estimate of drug-likeness (QED) is 0.686. The van der Waals surface area contributed by atoms with E-state index in [9.17, 15) is 12.8 Å². The van der Waals surface area contributed by atoms with Crippen LogP contribution in [0.3, 0.4) is 0 Å². The second kappa shape index (κ2) is 7.62. The second-order valence-corrected chi connectivity index (χ2v) is 10.8. The number of hydrogen-bond donors (Lipinski definition) is 0. The summed E-state index contributed by atoms with van der Waals surface area (Å²) in [5.74, 6) is 1.23. The van der Waals surface area contributed by atoms with Gasteiger partial charge < -0.3 is 14.4 Å². The highest BCUT2D eigenvalue weighted by atomic mass is 35.5. The monoisotopic (exact) mass is 468 g/mol. The standard InChI is InChI=1S/C20H18ClFN2O4S2/c21-14-2-1-3-15(22)13(14)9-29-20-23-16-10-30(25,26)11-17(16)24(20)12-4-5-18-19(8-12)28-7-6-27-18/h1-5,8,16-17H,6-7,9-11H2. The zero-order valence-electron chi connectivity index (χ0n) is 15.8. The largest absolute Gasteiger partial charge is 0.486 e. The molecule has 3 aliphatic rings. The van der Waals surface area contributed by atoms with Crippen molar-refractivity contribution in [1.82, 2.24) is 0 Å². The van der Waals surface area contributed by atoms with Crippen molar-refractivity contribution in [2.24, 2.45) is 4.99 Å². The van der Waals surface area contributed by atoms with Crippen LogP contribution in [0.2, 0.25) is 5.02 Å². The van der Waals surface area contributed by atoms with E-state index < -0.39 is 9.84 Å². The van der Waals surface area contributed by atoms with Crippen molar-refractivity contribution in [3.63, 3.8) is 0 Å². The van der Waals surface area contributed by atoms with Gasteiger partial charge in [-0.15, -0.1) is 0 Å². The van der Waals surface area contributed by atoms with Crippen LogP contribution in [0.1, 0.15) is 5.56 Å². The third kappa shape index (κ3) is 3.63. The van der Waals surface area contributed by atoms with Crippen molar-refractivity contribution in [2.75, 3.05) is 29.6 Å². The van der Waals surface area contributed by atoms with Crippen molar-refractivity contribution in [1.29, 1.82) is 0 Å². The Morgan fingerprint density at radius 2 is 1.97 bits per heavy atom. The Morgan fingerprint density at radius 1 is 1.17 bits per heavy atom. The van der Waals surface area contributed by atoms with Gasteiger partial charge in [-0.1, -0.05) is 29.4 Å². The molecule has 1 fully saturated rings. The summed E-state index contributed by atoms with van der Waals surface area (Å²) in [5.41, 5.74) is 1.17. The van der Waals surface area contributed by atoms with Gasteiger partial charge in [0.05, 0.1) is 23.6 Å². The number of anilines is 1. The van der Waals surface area contributed by atoms with Crippen molar-refractivity contribution >= 4 is 44.1 Å². The Labute approximate surface area is 182 Å². The van der Waals surface area contributed by atoms with Crippen LogP contribution < -0.4 is 14.4 Å². The van der Waals surface area contributed by atoms with E-state index in [4.69, 9.17) is 21.1 Å². The Morgan fingerprint density at radius 3 is 2.77 bits per heavy atom. The van der Waals surface area contributed by atoms with E-state index in [-0.39, 0.29) is 35.2 Å². The molecule has 2 atom stereocenters. The predicted octanol–water partition coefficient (Wildman–Crippen LogP) is 3.53. The maximum absolute atomic E-state index is 14.2. The number of benzene rings is 2. The van der Waals surface area contributed by atoms with Crippen LogP contribution in [-0.4, -0.2) is 50.4 Å². The fourth-order valence-electron chi connectivity index (χ4n) is 3.92. The SMILES string of the molecule is O=S1(=O)CC2N=C(SCc3c(F)cccc3Cl)N(c3ccc4c(c3)OCCO4)C2C1. The molecule has 5 rings (SSSR count). The summed E-state index contributed by atoms with van der Waals surface area (Å²) in [6, 6.07) is 9.47. The number of ether oxygens (including phenoxy) is 2. The van der Waals surface area contributed by atoms with Crippen LogP contribution in [0.5, 0.6) is 11.5 Å². The van der Waals surface area contributed by atoms with E-state index in [2.05, 4.69) is 4.99 Å². The first-order valence-electron chi connectivity index (χ1n) is 9.44. The third-order valence-electron chi connectivity index (χ3n) is 5.32. The molecule has 0 aromatic heterocycles. The fourth-order valence-corrected chi connectivity index (χ4v) is 7.23. The number of amidine groups is 1. The van der Waals surface area contributed by atoms with Gasteiger partial charge in [0.2, 0.25) is 0 Å². The van der Waals surface area contributed by atoms with E-state index in [1.165, 1.54) is 17.8 Å². The minimum Gasteiger partial charge on any atom is -0.486 e. The molecule has 30 heavy (non-hydrogen) atoms. The molecule has 0 saturated carbocycles. The third-order valence-corrected chi connectivity index (χ3v) is 8.36. The van der Waals surface area contributed by atoms with Crippen LogP contribution >= 0.6 is 23.4 Å². The van der Waals surface area contributed by atoms with Crippen LogP contribution in [0, 0.1) is 5.82 Å². The lowest BCUT2D eigenvalue weighted by atomic mass is 10.1. The number of rotatable bonds is 3. The smallest absolute Gasteiger partial charge is 0.164 e.